The van der Waals surface area contributed by atoms with Gasteiger partial charge < -0.3 is 5.32 Å². The fourth-order valence-corrected chi connectivity index (χ4v) is 4.46. The minimum Gasteiger partial charge on any atom is -0.316 e. The Hall–Kier alpha value is 0.110. The average molecular weight is 332 g/mol. The van der Waals surface area contributed by atoms with Gasteiger partial charge in [0.05, 0.1) is 10.0 Å². The van der Waals surface area contributed by atoms with Crippen molar-refractivity contribution in [2.75, 3.05) is 12.8 Å². The number of halogens is 2. The molecular weight excluding hydrogens is 309 g/mol. The van der Waals surface area contributed by atoms with Gasteiger partial charge in [0, 0.05) is 17.0 Å². The molecule has 0 saturated heterocycles. The van der Waals surface area contributed by atoms with Crippen LogP contribution in [0.5, 0.6) is 0 Å². The molecule has 0 aromatic heterocycles. The zero-order chi connectivity index (χ0) is 14.4. The largest absolute Gasteiger partial charge is 0.316 e. The van der Waals surface area contributed by atoms with Gasteiger partial charge in [-0.3, -0.25) is 0 Å². The van der Waals surface area contributed by atoms with Gasteiger partial charge in [0.25, 0.3) is 0 Å². The lowest BCUT2D eigenvalue weighted by Crippen LogP contribution is -2.31. The third-order valence-corrected chi connectivity index (χ3v) is 6.24. The molecule has 0 spiro atoms. The summed E-state index contributed by atoms with van der Waals surface area (Å²) in [4.78, 5) is 0. The predicted octanol–water partition coefficient (Wildman–Crippen LogP) is 5.19. The monoisotopic (exact) mass is 331 g/mol. The number of hydrogen-bond donors (Lipinski definition) is 1. The van der Waals surface area contributed by atoms with Crippen molar-refractivity contribution in [1.29, 1.82) is 0 Å². The molecule has 0 radical (unpaired) electrons. The Morgan fingerprint density at radius 2 is 1.95 bits per heavy atom. The van der Waals surface area contributed by atoms with Crippen LogP contribution >= 0.6 is 35.0 Å². The SMILES string of the molecule is CNC(CSC1CCCCC1)Cc1ccc(Cl)c(Cl)c1. The van der Waals surface area contributed by atoms with E-state index in [4.69, 9.17) is 23.2 Å². The zero-order valence-electron chi connectivity index (χ0n) is 12.0. The number of hydrogen-bond acceptors (Lipinski definition) is 2. The maximum atomic E-state index is 6.08. The first-order valence-corrected chi connectivity index (χ1v) is 9.22. The summed E-state index contributed by atoms with van der Waals surface area (Å²) in [6.45, 7) is 0. The Balaban J connectivity index is 1.83. The van der Waals surface area contributed by atoms with Gasteiger partial charge in [-0.1, -0.05) is 48.5 Å². The van der Waals surface area contributed by atoms with Gasteiger partial charge in [0.15, 0.2) is 0 Å². The summed E-state index contributed by atoms with van der Waals surface area (Å²) in [6.07, 6.45) is 8.05. The molecular formula is C16H23Cl2NS. The Morgan fingerprint density at radius 3 is 2.60 bits per heavy atom. The van der Waals surface area contributed by atoms with Crippen LogP contribution in [0.4, 0.5) is 0 Å². The van der Waals surface area contributed by atoms with E-state index in [-0.39, 0.29) is 0 Å². The van der Waals surface area contributed by atoms with Gasteiger partial charge in [0.1, 0.15) is 0 Å². The molecule has 1 nitrogen and oxygen atoms in total. The van der Waals surface area contributed by atoms with E-state index >= 15 is 0 Å². The van der Waals surface area contributed by atoms with Crippen LogP contribution in [0, 0.1) is 0 Å². The number of nitrogens with one attached hydrogen (secondary N) is 1. The molecule has 4 heteroatoms. The Kier molecular flexibility index (Phi) is 7.03. The van der Waals surface area contributed by atoms with Crippen molar-refractivity contribution in [2.45, 2.75) is 49.8 Å². The van der Waals surface area contributed by atoms with Crippen LogP contribution < -0.4 is 5.32 Å². The summed E-state index contributed by atoms with van der Waals surface area (Å²) >= 11 is 14.2. The van der Waals surface area contributed by atoms with Crippen LogP contribution in [0.15, 0.2) is 18.2 Å². The lowest BCUT2D eigenvalue weighted by molar-refractivity contribution is 0.514. The number of benzene rings is 1. The lowest BCUT2D eigenvalue weighted by Gasteiger charge is -2.24. The van der Waals surface area contributed by atoms with Crippen LogP contribution in [-0.2, 0) is 6.42 Å². The molecule has 1 saturated carbocycles. The standard InChI is InChI=1S/C16H23Cl2NS/c1-19-13(11-20-14-5-3-2-4-6-14)9-12-7-8-15(17)16(18)10-12/h7-8,10,13-14,19H,2-6,9,11H2,1H3. The molecule has 0 aliphatic heterocycles. The van der Waals surface area contributed by atoms with E-state index in [9.17, 15) is 0 Å². The fraction of sp³-hybridized carbons (Fsp3) is 0.625. The summed E-state index contributed by atoms with van der Waals surface area (Å²) in [5, 5.41) is 5.58. The van der Waals surface area contributed by atoms with Crippen LogP contribution in [0.2, 0.25) is 10.0 Å². The topological polar surface area (TPSA) is 12.0 Å². The molecule has 0 amide bonds. The number of rotatable bonds is 6. The summed E-state index contributed by atoms with van der Waals surface area (Å²) in [6, 6.07) is 6.45. The van der Waals surface area contributed by atoms with Crippen molar-refractivity contribution >= 4 is 35.0 Å². The van der Waals surface area contributed by atoms with E-state index in [0.717, 1.165) is 11.7 Å². The third-order valence-electron chi connectivity index (χ3n) is 3.96. The maximum Gasteiger partial charge on any atom is 0.0595 e. The Bertz CT molecular complexity index is 419. The first-order chi connectivity index (χ1) is 9.69. The van der Waals surface area contributed by atoms with E-state index in [1.807, 2.05) is 19.2 Å². The molecule has 20 heavy (non-hydrogen) atoms. The second-order valence-corrected chi connectivity index (χ2v) is 7.68. The van der Waals surface area contributed by atoms with Crippen molar-refractivity contribution in [3.8, 4) is 0 Å². The highest BCUT2D eigenvalue weighted by Crippen LogP contribution is 2.29. The van der Waals surface area contributed by atoms with Crippen LogP contribution in [0.25, 0.3) is 0 Å². The molecule has 1 aromatic rings. The van der Waals surface area contributed by atoms with Crippen LogP contribution in [-0.4, -0.2) is 24.1 Å². The molecule has 1 aromatic carbocycles. The van der Waals surface area contributed by atoms with Gasteiger partial charge in [-0.2, -0.15) is 11.8 Å². The van der Waals surface area contributed by atoms with Gasteiger partial charge in [-0.15, -0.1) is 0 Å². The molecule has 1 aliphatic rings. The molecule has 1 unspecified atom stereocenters. The normalized spacial score (nSPS) is 18.1. The second kappa shape index (κ2) is 8.53. The maximum absolute atomic E-state index is 6.08. The van der Waals surface area contributed by atoms with Crippen molar-refractivity contribution in [3.63, 3.8) is 0 Å². The minimum absolute atomic E-state index is 0.499. The van der Waals surface area contributed by atoms with E-state index in [1.165, 1.54) is 43.4 Å². The highest BCUT2D eigenvalue weighted by molar-refractivity contribution is 7.99. The van der Waals surface area contributed by atoms with Crippen molar-refractivity contribution in [2.24, 2.45) is 0 Å². The average Bonchev–Trinajstić information content (AvgIpc) is 2.48. The lowest BCUT2D eigenvalue weighted by atomic mass is 10.0. The van der Waals surface area contributed by atoms with Crippen LogP contribution in [0.1, 0.15) is 37.7 Å². The van der Waals surface area contributed by atoms with Crippen molar-refractivity contribution < 1.29 is 0 Å². The summed E-state index contributed by atoms with van der Waals surface area (Å²) in [5.41, 5.74) is 1.25. The van der Waals surface area contributed by atoms with E-state index < -0.39 is 0 Å². The highest BCUT2D eigenvalue weighted by Gasteiger charge is 2.16. The smallest absolute Gasteiger partial charge is 0.0595 e. The third kappa shape index (κ3) is 5.14. The first kappa shape index (κ1) is 16.5. The Morgan fingerprint density at radius 1 is 1.20 bits per heavy atom. The van der Waals surface area contributed by atoms with Gasteiger partial charge in [-0.05, 0) is 44.0 Å². The molecule has 0 heterocycles. The minimum atomic E-state index is 0.499. The molecule has 1 fully saturated rings. The second-order valence-electron chi connectivity index (χ2n) is 5.53. The summed E-state index contributed by atoms with van der Waals surface area (Å²) in [7, 11) is 2.05. The molecule has 1 aliphatic carbocycles. The molecule has 112 valence electrons. The Labute approximate surface area is 136 Å². The number of likely N-dealkylation sites (N-methyl/N-ethyl adjacent to an activating group) is 1. The van der Waals surface area contributed by atoms with Crippen molar-refractivity contribution in [3.05, 3.63) is 33.8 Å². The van der Waals surface area contributed by atoms with E-state index in [0.29, 0.717) is 16.1 Å². The van der Waals surface area contributed by atoms with Gasteiger partial charge >= 0.3 is 0 Å². The fourth-order valence-electron chi connectivity index (χ4n) is 2.68. The molecule has 1 N–H and O–H groups in total. The number of thioether (sulfide) groups is 1. The van der Waals surface area contributed by atoms with Gasteiger partial charge in [-0.25, -0.2) is 0 Å². The van der Waals surface area contributed by atoms with Gasteiger partial charge in [0.2, 0.25) is 0 Å². The van der Waals surface area contributed by atoms with E-state index in [1.54, 1.807) is 0 Å². The predicted molar refractivity (Wildman–Crippen MR) is 92.3 cm³/mol. The van der Waals surface area contributed by atoms with Crippen LogP contribution in [0.3, 0.4) is 0 Å². The molecule has 1 atom stereocenters. The first-order valence-electron chi connectivity index (χ1n) is 7.42. The molecule has 2 rings (SSSR count). The highest BCUT2D eigenvalue weighted by atomic mass is 35.5. The summed E-state index contributed by atoms with van der Waals surface area (Å²) < 4.78 is 0. The van der Waals surface area contributed by atoms with Crippen molar-refractivity contribution in [1.82, 2.24) is 5.32 Å². The zero-order valence-corrected chi connectivity index (χ0v) is 14.3. The molecule has 0 bridgehead atoms. The summed E-state index contributed by atoms with van der Waals surface area (Å²) in [5.74, 6) is 1.17. The van der Waals surface area contributed by atoms with E-state index in [2.05, 4.69) is 23.1 Å². The quantitative estimate of drug-likeness (QED) is 0.769.